The Morgan fingerprint density at radius 1 is 1.12 bits per heavy atom. The number of hydrogen-bond acceptors (Lipinski definition) is 6. The summed E-state index contributed by atoms with van der Waals surface area (Å²) >= 11 is 0. The van der Waals surface area contributed by atoms with Gasteiger partial charge in [-0.25, -0.2) is 9.67 Å². The van der Waals surface area contributed by atoms with Gasteiger partial charge in [0.15, 0.2) is 5.78 Å². The van der Waals surface area contributed by atoms with Crippen molar-refractivity contribution in [3.8, 4) is 28.3 Å². The molecule has 0 saturated carbocycles. The number of nitrogens with zero attached hydrogens (tertiary/aromatic N) is 4. The van der Waals surface area contributed by atoms with E-state index in [0.29, 0.717) is 40.2 Å². The summed E-state index contributed by atoms with van der Waals surface area (Å²) in [6.07, 6.45) is 1.51. The van der Waals surface area contributed by atoms with Crippen molar-refractivity contribution in [1.82, 2.24) is 14.5 Å². The van der Waals surface area contributed by atoms with Crippen molar-refractivity contribution >= 4 is 11.5 Å². The highest BCUT2D eigenvalue weighted by Gasteiger charge is 2.22. The van der Waals surface area contributed by atoms with Crippen LogP contribution in [0.25, 0.3) is 22.5 Å². The SMILES string of the molecule is CCn1nc(-c2ccc(OC)cc2)c(C(C)=O)c(N=c2cccc3n(O)cccc2-3)c1=O. The van der Waals surface area contributed by atoms with Crippen molar-refractivity contribution < 1.29 is 14.7 Å². The quantitative estimate of drug-likeness (QED) is 0.386. The van der Waals surface area contributed by atoms with Gasteiger partial charge in [0.25, 0.3) is 5.56 Å². The molecule has 8 heteroatoms. The maximum atomic E-state index is 13.2. The number of Topliss-reactive ketones (excluding diaryl/α,β-unsaturated/α-hetero) is 1. The van der Waals surface area contributed by atoms with Crippen molar-refractivity contribution in [2.75, 3.05) is 7.11 Å². The number of benzene rings is 2. The predicted molar refractivity (Wildman–Crippen MR) is 120 cm³/mol. The Morgan fingerprint density at radius 2 is 1.88 bits per heavy atom. The number of ketones is 1. The highest BCUT2D eigenvalue weighted by Crippen LogP contribution is 2.29. The van der Waals surface area contributed by atoms with Crippen molar-refractivity contribution in [1.29, 1.82) is 0 Å². The fourth-order valence-electron chi connectivity index (χ4n) is 3.59. The topological polar surface area (TPSA) is 98.7 Å². The Morgan fingerprint density at radius 3 is 2.53 bits per heavy atom. The fourth-order valence-corrected chi connectivity index (χ4v) is 3.59. The molecule has 2 heterocycles. The first kappa shape index (κ1) is 21.0. The third-order valence-corrected chi connectivity index (χ3v) is 5.18. The Hall–Kier alpha value is -4.20. The molecule has 0 atom stereocenters. The first-order valence-electron chi connectivity index (χ1n) is 10.1. The number of carbonyl (C=O) groups excluding carboxylic acids is 1. The summed E-state index contributed by atoms with van der Waals surface area (Å²) in [4.78, 5) is 30.5. The fraction of sp³-hybridized carbons (Fsp3) is 0.167. The number of pyridine rings is 1. The van der Waals surface area contributed by atoms with Crippen molar-refractivity contribution in [3.05, 3.63) is 82.1 Å². The molecule has 0 unspecified atom stereocenters. The van der Waals surface area contributed by atoms with Gasteiger partial charge >= 0.3 is 0 Å². The zero-order valence-electron chi connectivity index (χ0n) is 17.9. The molecule has 0 bridgehead atoms. The normalized spacial score (nSPS) is 11.7. The molecule has 0 radical (unpaired) electrons. The Labute approximate surface area is 184 Å². The molecule has 0 spiro atoms. The van der Waals surface area contributed by atoms with Crippen molar-refractivity contribution in [2.45, 2.75) is 20.4 Å². The van der Waals surface area contributed by atoms with Gasteiger partial charge in [-0.2, -0.15) is 9.83 Å². The van der Waals surface area contributed by atoms with Gasteiger partial charge in [-0.3, -0.25) is 9.59 Å². The van der Waals surface area contributed by atoms with Crippen LogP contribution in [-0.4, -0.2) is 32.6 Å². The van der Waals surface area contributed by atoms with Gasteiger partial charge in [-0.1, -0.05) is 6.07 Å². The monoisotopic (exact) mass is 430 g/mol. The van der Waals surface area contributed by atoms with Crippen LogP contribution < -0.4 is 15.7 Å². The molecule has 0 amide bonds. The first-order chi connectivity index (χ1) is 15.4. The van der Waals surface area contributed by atoms with E-state index >= 15 is 0 Å². The van der Waals surface area contributed by atoms with Gasteiger partial charge in [-0.05, 0) is 62.4 Å². The molecule has 8 nitrogen and oxygen atoms in total. The molecule has 2 aromatic rings. The minimum absolute atomic E-state index is 0.0148. The summed E-state index contributed by atoms with van der Waals surface area (Å²) in [5, 5.41) is 15.0. The third kappa shape index (κ3) is 3.66. The summed E-state index contributed by atoms with van der Waals surface area (Å²) in [5.41, 5.74) is 1.91. The number of methoxy groups -OCH3 is 1. The molecule has 2 aliphatic rings. The van der Waals surface area contributed by atoms with Gasteiger partial charge in [0.05, 0.1) is 23.7 Å². The predicted octanol–water partition coefficient (Wildman–Crippen LogP) is 3.52. The number of carbonyl (C=O) groups is 1. The van der Waals surface area contributed by atoms with Gasteiger partial charge in [0.1, 0.15) is 17.1 Å². The molecule has 1 aliphatic heterocycles. The molecule has 32 heavy (non-hydrogen) atoms. The van der Waals surface area contributed by atoms with Crippen molar-refractivity contribution in [2.24, 2.45) is 4.99 Å². The maximum Gasteiger partial charge on any atom is 0.293 e. The summed E-state index contributed by atoms with van der Waals surface area (Å²) in [5.74, 6) is 0.347. The van der Waals surface area contributed by atoms with E-state index in [-0.39, 0.29) is 17.0 Å². The largest absolute Gasteiger partial charge is 0.497 e. The third-order valence-electron chi connectivity index (χ3n) is 5.18. The van der Waals surface area contributed by atoms with E-state index in [1.54, 1.807) is 68.6 Å². The van der Waals surface area contributed by atoms with E-state index in [1.165, 1.54) is 17.8 Å². The van der Waals surface area contributed by atoms with Crippen LogP contribution in [0.2, 0.25) is 0 Å². The van der Waals surface area contributed by atoms with E-state index in [4.69, 9.17) is 4.74 Å². The lowest BCUT2D eigenvalue weighted by atomic mass is 10.0. The van der Waals surface area contributed by atoms with Gasteiger partial charge in [0.2, 0.25) is 0 Å². The van der Waals surface area contributed by atoms with E-state index < -0.39 is 5.56 Å². The lowest BCUT2D eigenvalue weighted by Gasteiger charge is -2.14. The number of ether oxygens (including phenoxy) is 1. The lowest BCUT2D eigenvalue weighted by molar-refractivity contribution is 0.101. The Balaban J connectivity index is 2.06. The molecule has 0 fully saturated rings. The molecule has 1 aliphatic carbocycles. The van der Waals surface area contributed by atoms with Crippen LogP contribution in [0.15, 0.2) is 70.6 Å². The molecule has 4 rings (SSSR count). The van der Waals surface area contributed by atoms with Crippen LogP contribution in [0.3, 0.4) is 0 Å². The van der Waals surface area contributed by atoms with Crippen molar-refractivity contribution in [3.63, 3.8) is 0 Å². The van der Waals surface area contributed by atoms with E-state index in [0.717, 1.165) is 4.73 Å². The number of fused-ring (bicyclic) bond motifs is 1. The second-order valence-electron chi connectivity index (χ2n) is 7.15. The molecule has 1 aromatic carbocycles. The van der Waals surface area contributed by atoms with Crippen LogP contribution in [0.1, 0.15) is 24.2 Å². The second-order valence-corrected chi connectivity index (χ2v) is 7.15. The van der Waals surface area contributed by atoms with Gasteiger partial charge in [-0.15, -0.1) is 0 Å². The molecule has 1 aromatic heterocycles. The van der Waals surface area contributed by atoms with E-state index in [1.807, 2.05) is 0 Å². The summed E-state index contributed by atoms with van der Waals surface area (Å²) < 4.78 is 7.50. The van der Waals surface area contributed by atoms with Crippen LogP contribution in [0.5, 0.6) is 5.75 Å². The smallest absolute Gasteiger partial charge is 0.293 e. The zero-order valence-corrected chi connectivity index (χ0v) is 17.9. The maximum absolute atomic E-state index is 13.2. The number of hydrogen-bond donors (Lipinski definition) is 1. The summed E-state index contributed by atoms with van der Waals surface area (Å²) in [6, 6.07) is 15.8. The number of aryl methyl sites for hydroxylation is 1. The molecule has 0 saturated heterocycles. The minimum Gasteiger partial charge on any atom is -0.497 e. The average molecular weight is 430 g/mol. The van der Waals surface area contributed by atoms with E-state index in [9.17, 15) is 14.8 Å². The Kier molecular flexibility index (Phi) is 5.59. The van der Waals surface area contributed by atoms with E-state index in [2.05, 4.69) is 10.1 Å². The highest BCUT2D eigenvalue weighted by atomic mass is 16.5. The summed E-state index contributed by atoms with van der Waals surface area (Å²) in [6.45, 7) is 3.51. The van der Waals surface area contributed by atoms with Crippen LogP contribution in [0, 0.1) is 0 Å². The molecular weight excluding hydrogens is 408 g/mol. The first-order valence-corrected chi connectivity index (χ1v) is 10.1. The molecule has 1 N–H and O–H groups in total. The number of aromatic nitrogens is 3. The van der Waals surface area contributed by atoms with Crippen LogP contribution >= 0.6 is 0 Å². The molecular formula is C24H22N4O4. The average Bonchev–Trinajstić information content (AvgIpc) is 2.80. The summed E-state index contributed by atoms with van der Waals surface area (Å²) in [7, 11) is 1.57. The second kappa shape index (κ2) is 8.50. The lowest BCUT2D eigenvalue weighted by Crippen LogP contribution is -2.26. The van der Waals surface area contributed by atoms with Gasteiger partial charge in [0, 0.05) is 23.9 Å². The van der Waals surface area contributed by atoms with Crippen LogP contribution in [-0.2, 0) is 6.54 Å². The zero-order chi connectivity index (χ0) is 22.8. The molecule has 162 valence electrons. The van der Waals surface area contributed by atoms with Crippen LogP contribution in [0.4, 0.5) is 5.69 Å². The van der Waals surface area contributed by atoms with Gasteiger partial charge < -0.3 is 9.94 Å². The Bertz CT molecular complexity index is 1400. The highest BCUT2D eigenvalue weighted by molar-refractivity contribution is 6.04. The standard InChI is InChI=1S/C24H22N4O4/c1-4-27-24(30)23(25-19-8-5-9-20-18(19)7-6-14-28(20)31)21(15(2)29)22(26-27)16-10-12-17(32-3)13-11-16/h5-14,31H,4H2,1-3H3. The number of rotatable bonds is 5. The minimum atomic E-state index is -0.459.